The van der Waals surface area contributed by atoms with Gasteiger partial charge in [0.25, 0.3) is 0 Å². The Morgan fingerprint density at radius 3 is 2.29 bits per heavy atom. The van der Waals surface area contributed by atoms with Gasteiger partial charge in [-0.2, -0.15) is 0 Å². The second kappa shape index (κ2) is 6.75. The van der Waals surface area contributed by atoms with E-state index in [1.165, 1.54) is 44.9 Å². The molecule has 0 aromatic carbocycles. The lowest BCUT2D eigenvalue weighted by atomic mass is 9.90. The molecule has 0 aromatic heterocycles. The van der Waals surface area contributed by atoms with Crippen LogP contribution in [0.15, 0.2) is 0 Å². The molecule has 2 unspecified atom stereocenters. The summed E-state index contributed by atoms with van der Waals surface area (Å²) in [5, 5.41) is 3.79. The predicted molar refractivity (Wildman–Crippen MR) is 72.2 cm³/mol. The Balaban J connectivity index is 1.94. The summed E-state index contributed by atoms with van der Waals surface area (Å²) in [5.74, 6) is 1.73. The van der Waals surface area contributed by atoms with Crippen LogP contribution >= 0.6 is 0 Å². The monoisotopic (exact) mass is 239 g/mol. The first kappa shape index (κ1) is 13.4. The van der Waals surface area contributed by atoms with Crippen LogP contribution in [0.5, 0.6) is 0 Å². The third kappa shape index (κ3) is 3.69. The highest BCUT2D eigenvalue weighted by atomic mass is 16.5. The first-order chi connectivity index (χ1) is 8.36. The van der Waals surface area contributed by atoms with Crippen molar-refractivity contribution in [1.29, 1.82) is 0 Å². The molecule has 0 saturated heterocycles. The molecule has 0 aromatic rings. The fourth-order valence-electron chi connectivity index (χ4n) is 3.33. The van der Waals surface area contributed by atoms with Crippen molar-refractivity contribution in [1.82, 2.24) is 5.32 Å². The van der Waals surface area contributed by atoms with Gasteiger partial charge in [-0.05, 0) is 57.4 Å². The van der Waals surface area contributed by atoms with E-state index >= 15 is 0 Å². The maximum Gasteiger partial charge on any atom is 0.0758 e. The molecule has 2 aliphatic carbocycles. The lowest BCUT2D eigenvalue weighted by Gasteiger charge is -2.32. The van der Waals surface area contributed by atoms with Crippen LogP contribution < -0.4 is 5.32 Å². The third-order valence-corrected chi connectivity index (χ3v) is 4.34. The Kier molecular flexibility index (Phi) is 5.30. The SMILES string of the molecule is CCCNC(C1CCCC1)C(OCC)C1CC1. The average Bonchev–Trinajstić information content (AvgIpc) is 3.04. The van der Waals surface area contributed by atoms with Gasteiger partial charge < -0.3 is 10.1 Å². The van der Waals surface area contributed by atoms with Crippen LogP contribution in [0, 0.1) is 11.8 Å². The Morgan fingerprint density at radius 1 is 1.06 bits per heavy atom. The highest BCUT2D eigenvalue weighted by Crippen LogP contribution is 2.40. The summed E-state index contributed by atoms with van der Waals surface area (Å²) in [4.78, 5) is 0. The van der Waals surface area contributed by atoms with Crippen LogP contribution in [0.25, 0.3) is 0 Å². The first-order valence-electron chi connectivity index (χ1n) is 7.71. The summed E-state index contributed by atoms with van der Waals surface area (Å²) in [6.07, 6.45) is 10.2. The predicted octanol–water partition coefficient (Wildman–Crippen LogP) is 3.36. The van der Waals surface area contributed by atoms with Crippen molar-refractivity contribution in [2.75, 3.05) is 13.2 Å². The zero-order valence-corrected chi connectivity index (χ0v) is 11.6. The van der Waals surface area contributed by atoms with Crippen LogP contribution in [0.1, 0.15) is 58.8 Å². The average molecular weight is 239 g/mol. The normalized spacial score (nSPS) is 25.1. The van der Waals surface area contributed by atoms with Crippen molar-refractivity contribution < 1.29 is 4.74 Å². The van der Waals surface area contributed by atoms with Crippen LogP contribution in [0.3, 0.4) is 0 Å². The Bertz CT molecular complexity index is 209. The standard InChI is InChI=1S/C15H29NO/c1-3-11-16-14(12-7-5-6-8-12)15(17-4-2)13-9-10-13/h12-16H,3-11H2,1-2H3. The van der Waals surface area contributed by atoms with Gasteiger partial charge in [0.05, 0.1) is 6.10 Å². The van der Waals surface area contributed by atoms with Gasteiger partial charge in [-0.25, -0.2) is 0 Å². The van der Waals surface area contributed by atoms with Gasteiger partial charge in [-0.3, -0.25) is 0 Å². The third-order valence-electron chi connectivity index (χ3n) is 4.34. The fraction of sp³-hybridized carbons (Fsp3) is 1.00. The minimum atomic E-state index is 0.495. The van der Waals surface area contributed by atoms with Gasteiger partial charge in [0.1, 0.15) is 0 Å². The van der Waals surface area contributed by atoms with Crippen LogP contribution in [-0.2, 0) is 4.74 Å². The molecule has 0 aliphatic heterocycles. The van der Waals surface area contributed by atoms with Gasteiger partial charge in [-0.1, -0.05) is 19.8 Å². The Labute approximate surface area is 107 Å². The molecule has 2 atom stereocenters. The summed E-state index contributed by atoms with van der Waals surface area (Å²) < 4.78 is 6.08. The molecule has 2 aliphatic rings. The van der Waals surface area contributed by atoms with Crippen LogP contribution in [0.2, 0.25) is 0 Å². The molecular formula is C15H29NO. The Morgan fingerprint density at radius 2 is 1.76 bits per heavy atom. The summed E-state index contributed by atoms with van der Waals surface area (Å²) in [5.41, 5.74) is 0. The van der Waals surface area contributed by atoms with Crippen molar-refractivity contribution in [2.45, 2.75) is 70.9 Å². The molecule has 2 saturated carbocycles. The highest BCUT2D eigenvalue weighted by Gasteiger charge is 2.40. The molecule has 2 nitrogen and oxygen atoms in total. The molecule has 2 rings (SSSR count). The van der Waals surface area contributed by atoms with E-state index < -0.39 is 0 Å². The highest BCUT2D eigenvalue weighted by molar-refractivity contribution is 4.94. The molecule has 17 heavy (non-hydrogen) atoms. The van der Waals surface area contributed by atoms with Gasteiger partial charge in [0.15, 0.2) is 0 Å². The lowest BCUT2D eigenvalue weighted by Crippen LogP contribution is -2.47. The van der Waals surface area contributed by atoms with Crippen molar-refractivity contribution in [3.8, 4) is 0 Å². The van der Waals surface area contributed by atoms with Gasteiger partial charge in [0.2, 0.25) is 0 Å². The minimum Gasteiger partial charge on any atom is -0.377 e. The number of ether oxygens (including phenoxy) is 1. The van der Waals surface area contributed by atoms with Crippen molar-refractivity contribution in [3.05, 3.63) is 0 Å². The molecule has 1 N–H and O–H groups in total. The summed E-state index contributed by atoms with van der Waals surface area (Å²) in [7, 11) is 0. The molecule has 2 heteroatoms. The molecule has 0 spiro atoms. The first-order valence-corrected chi connectivity index (χ1v) is 7.71. The number of nitrogens with one attached hydrogen (secondary N) is 1. The minimum absolute atomic E-state index is 0.495. The molecule has 0 radical (unpaired) electrons. The summed E-state index contributed by atoms with van der Waals surface area (Å²) >= 11 is 0. The van der Waals surface area contributed by atoms with Gasteiger partial charge >= 0.3 is 0 Å². The van der Waals surface area contributed by atoms with E-state index in [1.807, 2.05) is 0 Å². The smallest absolute Gasteiger partial charge is 0.0758 e. The largest absolute Gasteiger partial charge is 0.377 e. The number of hydrogen-bond acceptors (Lipinski definition) is 2. The zero-order chi connectivity index (χ0) is 12.1. The summed E-state index contributed by atoms with van der Waals surface area (Å²) in [6.45, 7) is 6.42. The number of rotatable bonds is 8. The summed E-state index contributed by atoms with van der Waals surface area (Å²) in [6, 6.07) is 0.630. The topological polar surface area (TPSA) is 21.3 Å². The molecule has 0 amide bonds. The van der Waals surface area contributed by atoms with E-state index in [0.29, 0.717) is 12.1 Å². The van der Waals surface area contributed by atoms with Crippen LogP contribution in [0.4, 0.5) is 0 Å². The van der Waals surface area contributed by atoms with Crippen molar-refractivity contribution in [3.63, 3.8) is 0 Å². The van der Waals surface area contributed by atoms with E-state index in [9.17, 15) is 0 Å². The second-order valence-corrected chi connectivity index (χ2v) is 5.78. The molecule has 0 bridgehead atoms. The van der Waals surface area contributed by atoms with Gasteiger partial charge in [0, 0.05) is 12.6 Å². The number of hydrogen-bond donors (Lipinski definition) is 1. The molecular weight excluding hydrogens is 210 g/mol. The van der Waals surface area contributed by atoms with Crippen LogP contribution in [-0.4, -0.2) is 25.3 Å². The van der Waals surface area contributed by atoms with E-state index in [-0.39, 0.29) is 0 Å². The lowest BCUT2D eigenvalue weighted by molar-refractivity contribution is 0.00355. The second-order valence-electron chi connectivity index (χ2n) is 5.78. The molecule has 2 fully saturated rings. The van der Waals surface area contributed by atoms with E-state index in [1.54, 1.807) is 0 Å². The van der Waals surface area contributed by atoms with E-state index in [0.717, 1.165) is 25.0 Å². The van der Waals surface area contributed by atoms with E-state index in [2.05, 4.69) is 19.2 Å². The van der Waals surface area contributed by atoms with Gasteiger partial charge in [-0.15, -0.1) is 0 Å². The zero-order valence-electron chi connectivity index (χ0n) is 11.6. The maximum absolute atomic E-state index is 6.08. The quantitative estimate of drug-likeness (QED) is 0.701. The Hall–Kier alpha value is -0.0800. The van der Waals surface area contributed by atoms with Crippen molar-refractivity contribution >= 4 is 0 Å². The maximum atomic E-state index is 6.08. The van der Waals surface area contributed by atoms with E-state index in [4.69, 9.17) is 4.74 Å². The molecule has 0 heterocycles. The van der Waals surface area contributed by atoms with Crippen molar-refractivity contribution in [2.24, 2.45) is 11.8 Å². The molecule has 100 valence electrons. The fourth-order valence-corrected chi connectivity index (χ4v) is 3.33.